The first-order valence-corrected chi connectivity index (χ1v) is 11.5. The maximum absolute atomic E-state index is 14.8. The minimum atomic E-state index is -3.28. The minimum Gasteiger partial charge on any atom is -0.361 e. The molecule has 0 unspecified atom stereocenters. The van der Waals surface area contributed by atoms with Gasteiger partial charge in [-0.05, 0) is 53.6 Å². The molecule has 0 aliphatic heterocycles. The number of aromatic amines is 1. The average Bonchev–Trinajstić information content (AvgIpc) is 3.23. The quantitative estimate of drug-likeness (QED) is 0.449. The Labute approximate surface area is 179 Å². The summed E-state index contributed by atoms with van der Waals surface area (Å²) in [5.41, 5.74) is 3.18. The van der Waals surface area contributed by atoms with Gasteiger partial charge in [-0.25, -0.2) is 12.8 Å². The molecular weight excluding hydrogens is 415 g/mol. The highest BCUT2D eigenvalue weighted by Crippen LogP contribution is 2.31. The lowest BCUT2D eigenvalue weighted by Gasteiger charge is -2.10. The van der Waals surface area contributed by atoms with E-state index in [1.165, 1.54) is 18.2 Å². The summed E-state index contributed by atoms with van der Waals surface area (Å²) in [6.45, 7) is 1.58. The van der Waals surface area contributed by atoms with Gasteiger partial charge >= 0.3 is 0 Å². The predicted octanol–water partition coefficient (Wildman–Crippen LogP) is 4.95. The van der Waals surface area contributed by atoms with Crippen molar-refractivity contribution in [2.45, 2.75) is 18.2 Å². The molecular formula is C24H21FN2O3S. The van der Waals surface area contributed by atoms with Crippen molar-refractivity contribution in [2.24, 2.45) is 0 Å². The lowest BCUT2D eigenvalue weighted by atomic mass is 10.0. The van der Waals surface area contributed by atoms with E-state index in [-0.39, 0.29) is 23.0 Å². The largest absolute Gasteiger partial charge is 0.361 e. The van der Waals surface area contributed by atoms with Gasteiger partial charge in [0.1, 0.15) is 5.82 Å². The molecule has 5 nitrogen and oxygen atoms in total. The van der Waals surface area contributed by atoms with Crippen LogP contribution >= 0.6 is 0 Å². The Bertz CT molecular complexity index is 1360. The molecule has 0 aliphatic rings. The summed E-state index contributed by atoms with van der Waals surface area (Å²) in [5.74, 6) is -0.723. The number of carbonyl (C=O) groups excluding carboxylic acids is 1. The van der Waals surface area contributed by atoms with Crippen LogP contribution in [0.2, 0.25) is 0 Å². The van der Waals surface area contributed by atoms with E-state index in [9.17, 15) is 17.6 Å². The van der Waals surface area contributed by atoms with Crippen LogP contribution < -0.4 is 5.32 Å². The predicted molar refractivity (Wildman–Crippen MR) is 120 cm³/mol. The van der Waals surface area contributed by atoms with Gasteiger partial charge in [-0.15, -0.1) is 0 Å². The molecule has 3 aromatic carbocycles. The molecule has 0 spiro atoms. The topological polar surface area (TPSA) is 79.0 Å². The lowest BCUT2D eigenvalue weighted by Crippen LogP contribution is -2.14. The van der Waals surface area contributed by atoms with Crippen molar-refractivity contribution in [3.05, 3.63) is 84.3 Å². The van der Waals surface area contributed by atoms with Crippen molar-refractivity contribution >= 4 is 32.3 Å². The number of anilines is 1. The van der Waals surface area contributed by atoms with Crippen LogP contribution in [0, 0.1) is 5.82 Å². The molecule has 0 bridgehead atoms. The molecule has 0 saturated carbocycles. The number of benzene rings is 3. The summed E-state index contributed by atoms with van der Waals surface area (Å²) in [7, 11) is -3.28. The Balaban J connectivity index is 1.48. The molecule has 158 valence electrons. The zero-order valence-electron chi connectivity index (χ0n) is 16.9. The molecule has 1 amide bonds. The fourth-order valence-electron chi connectivity index (χ4n) is 3.50. The smallest absolute Gasteiger partial charge is 0.228 e. The molecule has 0 fully saturated rings. The molecule has 1 aromatic heterocycles. The number of carbonyl (C=O) groups is 1. The number of aromatic nitrogens is 1. The zero-order valence-corrected chi connectivity index (χ0v) is 17.7. The van der Waals surface area contributed by atoms with Crippen LogP contribution in [0.4, 0.5) is 10.1 Å². The number of sulfone groups is 1. The van der Waals surface area contributed by atoms with E-state index in [1.54, 1.807) is 31.2 Å². The van der Waals surface area contributed by atoms with Crippen molar-refractivity contribution in [1.29, 1.82) is 0 Å². The van der Waals surface area contributed by atoms with E-state index in [4.69, 9.17) is 0 Å². The van der Waals surface area contributed by atoms with Crippen LogP contribution in [0.15, 0.2) is 77.8 Å². The maximum atomic E-state index is 14.8. The van der Waals surface area contributed by atoms with Crippen LogP contribution in [0.1, 0.15) is 12.5 Å². The number of fused-ring (bicyclic) bond motifs is 1. The SMILES string of the molecule is CCS(=O)(=O)c1ccc(CC(=O)Nc2ccc(-c3cccc4[nH]ccc34)c(F)c2)cc1. The van der Waals surface area contributed by atoms with Crippen LogP contribution in [-0.2, 0) is 21.1 Å². The first-order chi connectivity index (χ1) is 14.9. The van der Waals surface area contributed by atoms with Gasteiger partial charge in [-0.1, -0.05) is 31.2 Å². The highest BCUT2D eigenvalue weighted by atomic mass is 32.2. The molecule has 0 atom stereocenters. The van der Waals surface area contributed by atoms with Gasteiger partial charge in [0.25, 0.3) is 0 Å². The number of hydrogen-bond donors (Lipinski definition) is 2. The summed E-state index contributed by atoms with van der Waals surface area (Å²) in [6, 6.07) is 18.4. The average molecular weight is 437 g/mol. The second-order valence-corrected chi connectivity index (χ2v) is 9.49. The fourth-order valence-corrected chi connectivity index (χ4v) is 4.39. The third-order valence-electron chi connectivity index (χ3n) is 5.17. The molecule has 2 N–H and O–H groups in total. The molecule has 0 saturated heterocycles. The van der Waals surface area contributed by atoms with Crippen molar-refractivity contribution in [3.8, 4) is 11.1 Å². The number of rotatable bonds is 6. The van der Waals surface area contributed by atoms with Crippen LogP contribution in [0.5, 0.6) is 0 Å². The highest BCUT2D eigenvalue weighted by molar-refractivity contribution is 7.91. The Hall–Kier alpha value is -3.45. The Morgan fingerprint density at radius 1 is 1.00 bits per heavy atom. The van der Waals surface area contributed by atoms with Gasteiger partial charge in [0.05, 0.1) is 17.1 Å². The summed E-state index contributed by atoms with van der Waals surface area (Å²) in [5, 5.41) is 3.62. The van der Waals surface area contributed by atoms with Gasteiger partial charge < -0.3 is 10.3 Å². The van der Waals surface area contributed by atoms with E-state index in [0.29, 0.717) is 16.8 Å². The number of H-pyrrole nitrogens is 1. The van der Waals surface area contributed by atoms with Crippen LogP contribution in [-0.4, -0.2) is 25.1 Å². The molecule has 31 heavy (non-hydrogen) atoms. The van der Waals surface area contributed by atoms with E-state index >= 15 is 0 Å². The van der Waals surface area contributed by atoms with Gasteiger partial charge in [-0.2, -0.15) is 0 Å². The first kappa shape index (κ1) is 20.8. The van der Waals surface area contributed by atoms with Crippen molar-refractivity contribution in [3.63, 3.8) is 0 Å². The lowest BCUT2D eigenvalue weighted by molar-refractivity contribution is -0.115. The molecule has 0 aliphatic carbocycles. The standard InChI is InChI=1S/C24H21FN2O3S/c1-2-31(29,30)18-9-6-16(7-10-18)14-24(28)27-17-8-11-20(22(25)15-17)19-4-3-5-23-21(19)12-13-26-23/h3-13,15,26H,2,14H2,1H3,(H,27,28). The van der Waals surface area contributed by atoms with Gasteiger partial charge in [-0.3, -0.25) is 4.79 Å². The Kier molecular flexibility index (Phi) is 5.61. The van der Waals surface area contributed by atoms with E-state index < -0.39 is 15.7 Å². The van der Waals surface area contributed by atoms with Crippen molar-refractivity contribution in [1.82, 2.24) is 4.98 Å². The summed E-state index contributed by atoms with van der Waals surface area (Å²) in [4.78, 5) is 15.7. The summed E-state index contributed by atoms with van der Waals surface area (Å²) < 4.78 is 38.6. The summed E-state index contributed by atoms with van der Waals surface area (Å²) >= 11 is 0. The normalized spacial score (nSPS) is 11.5. The number of nitrogens with one attached hydrogen (secondary N) is 2. The second kappa shape index (κ2) is 8.35. The molecule has 0 radical (unpaired) electrons. The van der Waals surface area contributed by atoms with Crippen molar-refractivity contribution in [2.75, 3.05) is 11.1 Å². The van der Waals surface area contributed by atoms with Crippen LogP contribution in [0.3, 0.4) is 0 Å². The number of amides is 1. The minimum absolute atomic E-state index is 0.0208. The molecule has 1 heterocycles. The molecule has 4 aromatic rings. The number of halogens is 1. The number of hydrogen-bond acceptors (Lipinski definition) is 3. The highest BCUT2D eigenvalue weighted by Gasteiger charge is 2.13. The third kappa shape index (κ3) is 4.36. The fraction of sp³-hybridized carbons (Fsp3) is 0.125. The second-order valence-electron chi connectivity index (χ2n) is 7.21. The third-order valence-corrected chi connectivity index (χ3v) is 6.92. The summed E-state index contributed by atoms with van der Waals surface area (Å²) in [6.07, 6.45) is 1.86. The zero-order chi connectivity index (χ0) is 22.0. The Morgan fingerprint density at radius 3 is 2.48 bits per heavy atom. The monoisotopic (exact) mass is 436 g/mol. The van der Waals surface area contributed by atoms with E-state index in [2.05, 4.69) is 10.3 Å². The van der Waals surface area contributed by atoms with Gasteiger partial charge in [0, 0.05) is 28.4 Å². The Morgan fingerprint density at radius 2 is 1.77 bits per heavy atom. The molecule has 4 rings (SSSR count). The molecule has 7 heteroatoms. The van der Waals surface area contributed by atoms with E-state index in [1.807, 2.05) is 30.5 Å². The van der Waals surface area contributed by atoms with Gasteiger partial charge in [0.2, 0.25) is 5.91 Å². The van der Waals surface area contributed by atoms with Crippen LogP contribution in [0.25, 0.3) is 22.0 Å². The van der Waals surface area contributed by atoms with Gasteiger partial charge in [0.15, 0.2) is 9.84 Å². The van der Waals surface area contributed by atoms with Crippen molar-refractivity contribution < 1.29 is 17.6 Å². The first-order valence-electron chi connectivity index (χ1n) is 9.85. The maximum Gasteiger partial charge on any atom is 0.228 e. The van der Waals surface area contributed by atoms with E-state index in [0.717, 1.165) is 16.5 Å².